The number of carbonyl (C=O) groups excluding carboxylic acids is 1. The minimum Gasteiger partial charge on any atom is -0.347 e. The highest BCUT2D eigenvalue weighted by Crippen LogP contribution is 2.29. The fraction of sp³-hybridized carbons (Fsp3) is 0.444. The summed E-state index contributed by atoms with van der Waals surface area (Å²) in [6, 6.07) is 7.19. The Bertz CT molecular complexity index is 932. The first-order valence-corrected chi connectivity index (χ1v) is 11.7. The molecule has 0 aliphatic carbocycles. The molecule has 2 bridgehead atoms. The summed E-state index contributed by atoms with van der Waals surface area (Å²) in [4.78, 5) is 20.0. The first-order chi connectivity index (χ1) is 12.9. The SMILES string of the molecule is CS(=O)(=O)Nc1ccc(-c2ncc(C(=O)NC3CN4CCC3CC4)s2)cc1. The van der Waals surface area contributed by atoms with Gasteiger partial charge in [0.25, 0.3) is 5.91 Å². The number of thiazole rings is 1. The van der Waals surface area contributed by atoms with Crippen LogP contribution in [0.5, 0.6) is 0 Å². The zero-order valence-corrected chi connectivity index (χ0v) is 16.6. The number of rotatable bonds is 5. The Morgan fingerprint density at radius 2 is 1.93 bits per heavy atom. The molecule has 5 rings (SSSR count). The Balaban J connectivity index is 1.43. The van der Waals surface area contributed by atoms with Crippen LogP contribution >= 0.6 is 11.3 Å². The Kier molecular flexibility index (Phi) is 4.92. The Morgan fingerprint density at radius 3 is 2.52 bits per heavy atom. The van der Waals surface area contributed by atoms with Crippen molar-refractivity contribution in [2.75, 3.05) is 30.6 Å². The van der Waals surface area contributed by atoms with E-state index in [0.717, 1.165) is 49.3 Å². The number of sulfonamides is 1. The maximum atomic E-state index is 12.6. The lowest BCUT2D eigenvalue weighted by atomic mass is 9.84. The molecule has 144 valence electrons. The van der Waals surface area contributed by atoms with Crippen LogP contribution in [0.2, 0.25) is 0 Å². The molecule has 2 aromatic rings. The molecule has 3 aliphatic heterocycles. The predicted molar refractivity (Wildman–Crippen MR) is 106 cm³/mol. The van der Waals surface area contributed by atoms with Crippen molar-refractivity contribution in [3.05, 3.63) is 35.3 Å². The molecular formula is C18H22N4O3S2. The second-order valence-corrected chi connectivity index (χ2v) is 9.98. The van der Waals surface area contributed by atoms with E-state index < -0.39 is 10.0 Å². The van der Waals surface area contributed by atoms with Gasteiger partial charge in [-0.25, -0.2) is 13.4 Å². The zero-order chi connectivity index (χ0) is 19.0. The minimum absolute atomic E-state index is 0.0622. The molecule has 0 saturated carbocycles. The monoisotopic (exact) mass is 406 g/mol. The van der Waals surface area contributed by atoms with Gasteiger partial charge in [-0.1, -0.05) is 0 Å². The lowest BCUT2D eigenvalue weighted by Gasteiger charge is -2.44. The quantitative estimate of drug-likeness (QED) is 0.793. The average molecular weight is 407 g/mol. The summed E-state index contributed by atoms with van der Waals surface area (Å²) in [5, 5.41) is 3.92. The third kappa shape index (κ3) is 4.31. The highest BCUT2D eigenvalue weighted by atomic mass is 32.2. The van der Waals surface area contributed by atoms with Crippen LogP contribution in [0.15, 0.2) is 30.5 Å². The summed E-state index contributed by atoms with van der Waals surface area (Å²) in [6.07, 6.45) is 5.04. The molecule has 1 aromatic heterocycles. The smallest absolute Gasteiger partial charge is 0.263 e. The van der Waals surface area contributed by atoms with Crippen LogP contribution in [0, 0.1) is 5.92 Å². The summed E-state index contributed by atoms with van der Waals surface area (Å²) < 4.78 is 25.0. The van der Waals surface area contributed by atoms with Gasteiger partial charge in [0.05, 0.1) is 12.5 Å². The van der Waals surface area contributed by atoms with Gasteiger partial charge in [-0.2, -0.15) is 0 Å². The summed E-state index contributed by atoms with van der Waals surface area (Å²) in [5.41, 5.74) is 1.35. The van der Waals surface area contributed by atoms with Crippen molar-refractivity contribution in [3.63, 3.8) is 0 Å². The Morgan fingerprint density at radius 1 is 1.22 bits per heavy atom. The van der Waals surface area contributed by atoms with Crippen molar-refractivity contribution in [1.82, 2.24) is 15.2 Å². The van der Waals surface area contributed by atoms with Crippen LogP contribution in [-0.4, -0.2) is 56.1 Å². The van der Waals surface area contributed by atoms with Gasteiger partial charge in [0.1, 0.15) is 9.88 Å². The van der Waals surface area contributed by atoms with E-state index in [1.165, 1.54) is 11.3 Å². The number of amides is 1. The van der Waals surface area contributed by atoms with Gasteiger partial charge in [-0.3, -0.25) is 9.52 Å². The third-order valence-electron chi connectivity index (χ3n) is 5.14. The molecule has 3 fully saturated rings. The second kappa shape index (κ2) is 7.21. The predicted octanol–water partition coefficient (Wildman–Crippen LogP) is 2.01. The van der Waals surface area contributed by atoms with Gasteiger partial charge in [0.15, 0.2) is 0 Å². The van der Waals surface area contributed by atoms with Crippen molar-refractivity contribution in [2.45, 2.75) is 18.9 Å². The Labute approximate surface area is 162 Å². The summed E-state index contributed by atoms with van der Waals surface area (Å²) >= 11 is 1.35. The molecule has 0 spiro atoms. The molecule has 3 saturated heterocycles. The highest BCUT2D eigenvalue weighted by Gasteiger charge is 2.35. The van der Waals surface area contributed by atoms with Gasteiger partial charge in [0, 0.05) is 23.8 Å². The number of piperidine rings is 3. The van der Waals surface area contributed by atoms with E-state index in [1.807, 2.05) is 0 Å². The van der Waals surface area contributed by atoms with E-state index in [4.69, 9.17) is 0 Å². The summed E-state index contributed by atoms with van der Waals surface area (Å²) in [5.74, 6) is 0.522. The number of fused-ring (bicyclic) bond motifs is 3. The molecule has 27 heavy (non-hydrogen) atoms. The number of anilines is 1. The van der Waals surface area contributed by atoms with Gasteiger partial charge in [0.2, 0.25) is 10.0 Å². The molecule has 1 amide bonds. The lowest BCUT2D eigenvalue weighted by Crippen LogP contribution is -2.57. The van der Waals surface area contributed by atoms with Crippen LogP contribution in [0.25, 0.3) is 10.6 Å². The van der Waals surface area contributed by atoms with Gasteiger partial charge < -0.3 is 10.2 Å². The zero-order valence-electron chi connectivity index (χ0n) is 15.0. The first kappa shape index (κ1) is 18.4. The fourth-order valence-corrected chi connectivity index (χ4v) is 5.16. The molecule has 3 aliphatic rings. The molecule has 0 radical (unpaired) electrons. The standard InChI is InChI=1S/C18H22N4O3S2/c1-27(24,25)21-14-4-2-13(3-5-14)18-19-10-16(26-18)17(23)20-15-11-22-8-6-12(15)7-9-22/h2-5,10,12,15,21H,6-9,11H2,1H3,(H,20,23). The maximum absolute atomic E-state index is 12.6. The van der Waals surface area contributed by atoms with E-state index in [9.17, 15) is 13.2 Å². The number of aromatic nitrogens is 1. The molecule has 2 N–H and O–H groups in total. The van der Waals surface area contributed by atoms with E-state index in [2.05, 4.69) is 19.9 Å². The molecule has 1 atom stereocenters. The Hall–Kier alpha value is -1.97. The van der Waals surface area contributed by atoms with E-state index in [1.54, 1.807) is 30.5 Å². The number of benzene rings is 1. The number of nitrogens with one attached hydrogen (secondary N) is 2. The van der Waals surface area contributed by atoms with E-state index in [-0.39, 0.29) is 11.9 Å². The van der Waals surface area contributed by atoms with Crippen LogP contribution in [0.4, 0.5) is 5.69 Å². The van der Waals surface area contributed by atoms with Crippen molar-refractivity contribution in [1.29, 1.82) is 0 Å². The van der Waals surface area contributed by atoms with Crippen LogP contribution in [0.3, 0.4) is 0 Å². The molecule has 1 unspecified atom stereocenters. The fourth-order valence-electron chi connectivity index (χ4n) is 3.78. The number of carbonyl (C=O) groups is 1. The van der Waals surface area contributed by atoms with Gasteiger partial charge >= 0.3 is 0 Å². The highest BCUT2D eigenvalue weighted by molar-refractivity contribution is 7.92. The van der Waals surface area contributed by atoms with Crippen molar-refractivity contribution in [2.24, 2.45) is 5.92 Å². The maximum Gasteiger partial charge on any atom is 0.263 e. The third-order valence-corrected chi connectivity index (χ3v) is 6.79. The molecule has 9 heteroatoms. The number of nitrogens with zero attached hydrogens (tertiary/aromatic N) is 2. The second-order valence-electron chi connectivity index (χ2n) is 7.20. The molecule has 4 heterocycles. The number of hydrogen-bond acceptors (Lipinski definition) is 6. The number of hydrogen-bond donors (Lipinski definition) is 2. The largest absolute Gasteiger partial charge is 0.347 e. The average Bonchev–Trinajstić information content (AvgIpc) is 3.12. The minimum atomic E-state index is -3.30. The lowest BCUT2D eigenvalue weighted by molar-refractivity contribution is 0.0622. The summed E-state index contributed by atoms with van der Waals surface area (Å²) in [6.45, 7) is 3.23. The molecule has 1 aromatic carbocycles. The van der Waals surface area contributed by atoms with E-state index >= 15 is 0 Å². The first-order valence-electron chi connectivity index (χ1n) is 8.95. The van der Waals surface area contributed by atoms with Crippen LogP contribution in [0.1, 0.15) is 22.5 Å². The van der Waals surface area contributed by atoms with E-state index in [0.29, 0.717) is 16.5 Å². The van der Waals surface area contributed by atoms with Crippen LogP contribution in [-0.2, 0) is 10.0 Å². The molecular weight excluding hydrogens is 384 g/mol. The van der Waals surface area contributed by atoms with Crippen LogP contribution < -0.4 is 10.0 Å². The molecule has 7 nitrogen and oxygen atoms in total. The van der Waals surface area contributed by atoms with Crippen molar-refractivity contribution in [3.8, 4) is 10.6 Å². The summed E-state index contributed by atoms with van der Waals surface area (Å²) in [7, 11) is -3.30. The normalized spacial score (nSPS) is 24.6. The van der Waals surface area contributed by atoms with Crippen molar-refractivity contribution < 1.29 is 13.2 Å². The topological polar surface area (TPSA) is 91.4 Å². The van der Waals surface area contributed by atoms with Crippen molar-refractivity contribution >= 4 is 33.0 Å². The van der Waals surface area contributed by atoms with Gasteiger partial charge in [-0.15, -0.1) is 11.3 Å². The van der Waals surface area contributed by atoms with Gasteiger partial charge in [-0.05, 0) is 56.1 Å².